The molecule has 0 heterocycles. The molecule has 0 saturated heterocycles. The van der Waals surface area contributed by atoms with Crippen LogP contribution in [0.5, 0.6) is 5.75 Å². The number of benzene rings is 1. The van der Waals surface area contributed by atoms with Crippen molar-refractivity contribution in [1.82, 2.24) is 5.32 Å². The molecule has 8 heteroatoms. The summed E-state index contributed by atoms with van der Waals surface area (Å²) in [5, 5.41) is 12.3. The molecule has 1 aliphatic carbocycles. The van der Waals surface area contributed by atoms with Gasteiger partial charge in [-0.15, -0.1) is 0 Å². The first-order valence-corrected chi connectivity index (χ1v) is 11.0. The van der Waals surface area contributed by atoms with Crippen LogP contribution in [0.3, 0.4) is 0 Å². The number of sulfone groups is 1. The van der Waals surface area contributed by atoms with Crippen molar-refractivity contribution in [3.8, 4) is 5.75 Å². The Hall–Kier alpha value is -2.09. The van der Waals surface area contributed by atoms with Crippen molar-refractivity contribution in [3.05, 3.63) is 24.3 Å². The van der Waals surface area contributed by atoms with Gasteiger partial charge in [0, 0.05) is 12.7 Å². The number of carbonyl (C=O) groups is 2. The van der Waals surface area contributed by atoms with Crippen LogP contribution in [-0.2, 0) is 19.4 Å². The van der Waals surface area contributed by atoms with Crippen LogP contribution in [0.4, 0.5) is 0 Å². The first kappa shape index (κ1) is 21.2. The fraction of sp³-hybridized carbons (Fsp3) is 0.579. The Morgan fingerprint density at radius 2 is 1.81 bits per heavy atom. The Bertz CT molecular complexity index is 764. The lowest BCUT2D eigenvalue weighted by Crippen LogP contribution is -2.56. The van der Waals surface area contributed by atoms with Crippen molar-refractivity contribution >= 4 is 21.7 Å². The fourth-order valence-electron chi connectivity index (χ4n) is 3.18. The first-order valence-electron chi connectivity index (χ1n) is 9.10. The minimum atomic E-state index is -3.24. The largest absolute Gasteiger partial charge is 0.494 e. The average molecular weight is 397 g/mol. The zero-order valence-electron chi connectivity index (χ0n) is 15.7. The van der Waals surface area contributed by atoms with E-state index in [0.717, 1.165) is 19.1 Å². The molecule has 1 saturated carbocycles. The lowest BCUT2D eigenvalue weighted by atomic mass is 9.77. The summed E-state index contributed by atoms with van der Waals surface area (Å²) < 4.78 is 28.3. The quantitative estimate of drug-likeness (QED) is 0.652. The van der Waals surface area contributed by atoms with Crippen LogP contribution in [0.2, 0.25) is 0 Å². The van der Waals surface area contributed by atoms with E-state index >= 15 is 0 Å². The Morgan fingerprint density at radius 3 is 2.33 bits per heavy atom. The van der Waals surface area contributed by atoms with Crippen molar-refractivity contribution in [3.63, 3.8) is 0 Å². The highest BCUT2D eigenvalue weighted by Crippen LogP contribution is 2.32. The van der Waals surface area contributed by atoms with Gasteiger partial charge in [-0.1, -0.05) is 6.92 Å². The summed E-state index contributed by atoms with van der Waals surface area (Å²) in [4.78, 5) is 24.0. The standard InChI is InChI=1S/C19H27NO6S/c1-14-9-11-19(12-10-14,18(22)23)20-17(21)4-3-13-26-15-5-7-16(8-6-15)27(2,24)25/h5-8,14H,3-4,9-13H2,1-2H3,(H,20,21)(H,22,23). The van der Waals surface area contributed by atoms with Gasteiger partial charge in [0.2, 0.25) is 5.91 Å². The maximum atomic E-state index is 12.2. The zero-order valence-corrected chi connectivity index (χ0v) is 16.5. The van der Waals surface area contributed by atoms with Gasteiger partial charge in [0.25, 0.3) is 0 Å². The van der Waals surface area contributed by atoms with Crippen LogP contribution in [0.25, 0.3) is 0 Å². The predicted octanol–water partition coefficient (Wildman–Crippen LogP) is 2.40. The molecule has 0 unspecified atom stereocenters. The Balaban J connectivity index is 1.78. The Kier molecular flexibility index (Phi) is 6.86. The number of carbonyl (C=O) groups excluding carboxylic acids is 1. The molecule has 2 N–H and O–H groups in total. The zero-order chi connectivity index (χ0) is 20.1. The first-order chi connectivity index (χ1) is 12.6. The van der Waals surface area contributed by atoms with E-state index in [1.54, 1.807) is 12.1 Å². The van der Waals surface area contributed by atoms with Crippen LogP contribution in [0.1, 0.15) is 45.4 Å². The summed E-state index contributed by atoms with van der Waals surface area (Å²) in [5.74, 6) is -0.254. The maximum absolute atomic E-state index is 12.2. The van der Waals surface area contributed by atoms with E-state index in [9.17, 15) is 23.1 Å². The number of carboxylic acid groups (broad SMARTS) is 1. The van der Waals surface area contributed by atoms with Crippen LogP contribution < -0.4 is 10.1 Å². The number of hydrogen-bond acceptors (Lipinski definition) is 5. The molecule has 1 amide bonds. The van der Waals surface area contributed by atoms with Gasteiger partial charge in [0.1, 0.15) is 11.3 Å². The summed E-state index contributed by atoms with van der Waals surface area (Å²) in [6.45, 7) is 2.37. The third-order valence-corrected chi connectivity index (χ3v) is 6.11. The number of ether oxygens (including phenoxy) is 1. The second-order valence-electron chi connectivity index (χ2n) is 7.31. The minimum absolute atomic E-state index is 0.173. The molecule has 0 aliphatic heterocycles. The van der Waals surface area contributed by atoms with Crippen LogP contribution >= 0.6 is 0 Å². The normalized spacial score (nSPS) is 22.8. The SMILES string of the molecule is CC1CCC(NC(=O)CCCOc2ccc(S(C)(=O)=O)cc2)(C(=O)O)CC1. The third-order valence-electron chi connectivity index (χ3n) is 4.98. The van der Waals surface area contributed by atoms with Gasteiger partial charge in [-0.05, 0) is 62.3 Å². The second kappa shape index (κ2) is 8.73. The smallest absolute Gasteiger partial charge is 0.329 e. The van der Waals surface area contributed by atoms with Crippen LogP contribution in [-0.4, -0.2) is 43.8 Å². The average Bonchev–Trinajstić information content (AvgIpc) is 2.60. The third kappa shape index (κ3) is 5.95. The minimum Gasteiger partial charge on any atom is -0.494 e. The monoisotopic (exact) mass is 397 g/mol. The number of hydrogen-bond donors (Lipinski definition) is 2. The fourth-order valence-corrected chi connectivity index (χ4v) is 3.81. The number of amides is 1. The lowest BCUT2D eigenvalue weighted by molar-refractivity contribution is -0.149. The van der Waals surface area contributed by atoms with Gasteiger partial charge >= 0.3 is 5.97 Å². The summed E-state index contributed by atoms with van der Waals surface area (Å²) in [6, 6.07) is 6.08. The molecule has 0 radical (unpaired) electrons. The molecule has 150 valence electrons. The molecule has 2 rings (SSSR count). The highest BCUT2D eigenvalue weighted by molar-refractivity contribution is 7.90. The predicted molar refractivity (Wildman–Crippen MR) is 100 cm³/mol. The molecule has 27 heavy (non-hydrogen) atoms. The second-order valence-corrected chi connectivity index (χ2v) is 9.33. The van der Waals surface area contributed by atoms with E-state index in [-0.39, 0.29) is 23.8 Å². The summed E-state index contributed by atoms with van der Waals surface area (Å²) in [6.07, 6.45) is 4.24. The number of aliphatic carboxylic acids is 1. The van der Waals surface area contributed by atoms with Gasteiger partial charge in [-0.3, -0.25) is 4.79 Å². The molecule has 1 fully saturated rings. The molecule has 7 nitrogen and oxygen atoms in total. The molecular weight excluding hydrogens is 370 g/mol. The van der Waals surface area contributed by atoms with Gasteiger partial charge in [0.05, 0.1) is 11.5 Å². The van der Waals surface area contributed by atoms with E-state index in [4.69, 9.17) is 4.74 Å². The van der Waals surface area contributed by atoms with Crippen molar-refractivity contribution in [2.75, 3.05) is 12.9 Å². The number of rotatable bonds is 8. The number of carboxylic acids is 1. The molecular formula is C19H27NO6S. The van der Waals surface area contributed by atoms with E-state index in [1.807, 2.05) is 0 Å². The van der Waals surface area contributed by atoms with E-state index in [2.05, 4.69) is 12.2 Å². The Labute approximate surface area is 160 Å². The van der Waals surface area contributed by atoms with Gasteiger partial charge in [-0.25, -0.2) is 13.2 Å². The molecule has 0 bridgehead atoms. The topological polar surface area (TPSA) is 110 Å². The van der Waals surface area contributed by atoms with Gasteiger partial charge in [-0.2, -0.15) is 0 Å². The summed E-state index contributed by atoms with van der Waals surface area (Å²) in [7, 11) is -3.24. The molecule has 0 atom stereocenters. The highest BCUT2D eigenvalue weighted by atomic mass is 32.2. The van der Waals surface area contributed by atoms with Crippen molar-refractivity contribution < 1.29 is 27.9 Å². The van der Waals surface area contributed by atoms with E-state index in [0.29, 0.717) is 30.9 Å². The number of nitrogens with one attached hydrogen (secondary N) is 1. The van der Waals surface area contributed by atoms with Crippen molar-refractivity contribution in [2.24, 2.45) is 5.92 Å². The molecule has 1 aliphatic rings. The molecule has 1 aromatic rings. The molecule has 0 spiro atoms. The molecule has 0 aromatic heterocycles. The van der Waals surface area contributed by atoms with Gasteiger partial charge < -0.3 is 15.2 Å². The Morgan fingerprint density at radius 1 is 1.22 bits per heavy atom. The summed E-state index contributed by atoms with van der Waals surface area (Å²) in [5.41, 5.74) is -1.15. The van der Waals surface area contributed by atoms with Crippen LogP contribution in [0.15, 0.2) is 29.2 Å². The maximum Gasteiger partial charge on any atom is 0.329 e. The van der Waals surface area contributed by atoms with Crippen LogP contribution in [0, 0.1) is 5.92 Å². The molecule has 1 aromatic carbocycles. The van der Waals surface area contributed by atoms with E-state index in [1.165, 1.54) is 12.1 Å². The van der Waals surface area contributed by atoms with E-state index < -0.39 is 21.3 Å². The van der Waals surface area contributed by atoms with Crippen molar-refractivity contribution in [1.29, 1.82) is 0 Å². The summed E-state index contributed by atoms with van der Waals surface area (Å²) >= 11 is 0. The van der Waals surface area contributed by atoms with Crippen molar-refractivity contribution in [2.45, 2.75) is 55.9 Å². The lowest BCUT2D eigenvalue weighted by Gasteiger charge is -2.36. The highest BCUT2D eigenvalue weighted by Gasteiger charge is 2.42. The van der Waals surface area contributed by atoms with Gasteiger partial charge in [0.15, 0.2) is 9.84 Å².